The maximum Gasteiger partial charge on any atom is 0.0238 e. The van der Waals surface area contributed by atoms with Crippen molar-refractivity contribution in [2.75, 3.05) is 33.2 Å². The first-order valence-corrected chi connectivity index (χ1v) is 6.91. The van der Waals surface area contributed by atoms with E-state index in [1.54, 1.807) is 0 Å². The molecule has 0 spiro atoms. The van der Waals surface area contributed by atoms with Gasteiger partial charge in [0.25, 0.3) is 0 Å². The highest BCUT2D eigenvalue weighted by atomic mass is 15.3. The smallest absolute Gasteiger partial charge is 0.0238 e. The monoisotopic (exact) mass is 223 g/mol. The molecule has 0 saturated carbocycles. The second kappa shape index (κ2) is 4.28. The zero-order valence-corrected chi connectivity index (χ0v) is 10.7. The zero-order chi connectivity index (χ0) is 11.1. The fraction of sp³-hybridized carbons (Fsp3) is 1.00. The molecule has 3 fully saturated rings. The third-order valence-electron chi connectivity index (χ3n) is 5.01. The van der Waals surface area contributed by atoms with Gasteiger partial charge in [0, 0.05) is 37.8 Å². The van der Waals surface area contributed by atoms with Gasteiger partial charge in [-0.05, 0) is 45.7 Å². The van der Waals surface area contributed by atoms with Crippen LogP contribution in [0, 0.1) is 5.92 Å². The number of fused-ring (bicyclic) bond motifs is 1. The van der Waals surface area contributed by atoms with E-state index in [0.29, 0.717) is 0 Å². The van der Waals surface area contributed by atoms with Gasteiger partial charge in [0.1, 0.15) is 0 Å². The van der Waals surface area contributed by atoms with Crippen molar-refractivity contribution in [3.63, 3.8) is 0 Å². The molecule has 0 aliphatic carbocycles. The van der Waals surface area contributed by atoms with Gasteiger partial charge in [0.15, 0.2) is 0 Å². The standard InChI is InChI=1S/C13H25N3/c1-10-6-12(8-15(10)2)16-7-11-4-3-5-14-13(11)9-16/h10-14H,3-9H2,1-2H3/t10?,11-,12?,13+/m0/s1. The van der Waals surface area contributed by atoms with Crippen LogP contribution in [0.1, 0.15) is 26.2 Å². The molecule has 0 aromatic rings. The molecule has 92 valence electrons. The molecule has 3 rings (SSSR count). The van der Waals surface area contributed by atoms with Crippen LogP contribution in [0.25, 0.3) is 0 Å². The van der Waals surface area contributed by atoms with E-state index in [0.717, 1.165) is 24.0 Å². The normalized spacial score (nSPS) is 46.1. The summed E-state index contributed by atoms with van der Waals surface area (Å²) in [6.07, 6.45) is 4.21. The van der Waals surface area contributed by atoms with Crippen molar-refractivity contribution in [3.05, 3.63) is 0 Å². The minimum absolute atomic E-state index is 0.778. The molecule has 0 bridgehead atoms. The number of hydrogen-bond acceptors (Lipinski definition) is 3. The first-order chi connectivity index (χ1) is 7.74. The molecule has 16 heavy (non-hydrogen) atoms. The van der Waals surface area contributed by atoms with E-state index in [9.17, 15) is 0 Å². The van der Waals surface area contributed by atoms with Crippen LogP contribution in [0.2, 0.25) is 0 Å². The minimum Gasteiger partial charge on any atom is -0.312 e. The Bertz CT molecular complexity index is 232. The van der Waals surface area contributed by atoms with Gasteiger partial charge in [-0.25, -0.2) is 0 Å². The summed E-state index contributed by atoms with van der Waals surface area (Å²) in [6, 6.07) is 2.41. The van der Waals surface area contributed by atoms with Crippen molar-refractivity contribution in [2.45, 2.75) is 44.3 Å². The largest absolute Gasteiger partial charge is 0.312 e. The molecule has 3 heterocycles. The van der Waals surface area contributed by atoms with Gasteiger partial charge in [-0.15, -0.1) is 0 Å². The molecule has 0 radical (unpaired) electrons. The summed E-state index contributed by atoms with van der Waals surface area (Å²) in [7, 11) is 2.27. The molecule has 0 amide bonds. The van der Waals surface area contributed by atoms with E-state index in [1.807, 2.05) is 0 Å². The van der Waals surface area contributed by atoms with Crippen LogP contribution in [-0.4, -0.2) is 61.2 Å². The lowest BCUT2D eigenvalue weighted by atomic mass is 9.94. The Balaban J connectivity index is 1.61. The van der Waals surface area contributed by atoms with Gasteiger partial charge in [-0.2, -0.15) is 0 Å². The molecule has 3 heteroatoms. The van der Waals surface area contributed by atoms with E-state index in [4.69, 9.17) is 0 Å². The summed E-state index contributed by atoms with van der Waals surface area (Å²) in [5.74, 6) is 0.940. The predicted molar refractivity (Wildman–Crippen MR) is 66.6 cm³/mol. The maximum atomic E-state index is 3.70. The van der Waals surface area contributed by atoms with Crippen LogP contribution < -0.4 is 5.32 Å². The summed E-state index contributed by atoms with van der Waals surface area (Å²) < 4.78 is 0. The molecule has 3 aliphatic heterocycles. The third kappa shape index (κ3) is 1.89. The van der Waals surface area contributed by atoms with Crippen LogP contribution >= 0.6 is 0 Å². The van der Waals surface area contributed by atoms with Crippen LogP contribution in [-0.2, 0) is 0 Å². The zero-order valence-electron chi connectivity index (χ0n) is 10.7. The van der Waals surface area contributed by atoms with Crippen molar-refractivity contribution >= 4 is 0 Å². The Hall–Kier alpha value is -0.120. The summed E-state index contributed by atoms with van der Waals surface area (Å²) in [5.41, 5.74) is 0. The molecule has 1 N–H and O–H groups in total. The van der Waals surface area contributed by atoms with Crippen LogP contribution in [0.15, 0.2) is 0 Å². The topological polar surface area (TPSA) is 18.5 Å². The molecule has 4 atom stereocenters. The molecule has 2 unspecified atom stereocenters. The van der Waals surface area contributed by atoms with Gasteiger partial charge in [0.2, 0.25) is 0 Å². The molecule has 3 nitrogen and oxygen atoms in total. The summed E-state index contributed by atoms with van der Waals surface area (Å²) in [5, 5.41) is 3.70. The Morgan fingerprint density at radius 3 is 2.75 bits per heavy atom. The quantitative estimate of drug-likeness (QED) is 0.708. The highest BCUT2D eigenvalue weighted by Gasteiger charge is 2.39. The lowest BCUT2D eigenvalue weighted by molar-refractivity contribution is 0.232. The number of rotatable bonds is 1. The third-order valence-corrected chi connectivity index (χ3v) is 5.01. The number of nitrogens with zero attached hydrogens (tertiary/aromatic N) is 2. The first kappa shape index (κ1) is 11.0. The summed E-state index contributed by atoms with van der Waals surface area (Å²) in [6.45, 7) is 7.54. The average Bonchev–Trinajstić information content (AvgIpc) is 2.83. The van der Waals surface area contributed by atoms with Crippen molar-refractivity contribution < 1.29 is 0 Å². The molecule has 0 aromatic heterocycles. The number of hydrogen-bond donors (Lipinski definition) is 1. The second-order valence-electron chi connectivity index (χ2n) is 6.09. The lowest BCUT2D eigenvalue weighted by Gasteiger charge is -2.25. The Morgan fingerprint density at radius 1 is 1.19 bits per heavy atom. The highest BCUT2D eigenvalue weighted by molar-refractivity contribution is 4.97. The van der Waals surface area contributed by atoms with Crippen molar-refractivity contribution in [2.24, 2.45) is 5.92 Å². The van der Waals surface area contributed by atoms with E-state index in [-0.39, 0.29) is 0 Å². The van der Waals surface area contributed by atoms with Crippen molar-refractivity contribution in [1.29, 1.82) is 0 Å². The summed E-state index contributed by atoms with van der Waals surface area (Å²) >= 11 is 0. The molecule has 3 saturated heterocycles. The number of likely N-dealkylation sites (tertiary alicyclic amines) is 2. The highest BCUT2D eigenvalue weighted by Crippen LogP contribution is 2.30. The maximum absolute atomic E-state index is 3.70. The Morgan fingerprint density at radius 2 is 2.06 bits per heavy atom. The Kier molecular flexibility index (Phi) is 2.94. The Labute approximate surface area is 99.2 Å². The second-order valence-corrected chi connectivity index (χ2v) is 6.09. The summed E-state index contributed by atoms with van der Waals surface area (Å²) in [4.78, 5) is 5.27. The van der Waals surface area contributed by atoms with E-state index in [1.165, 1.54) is 45.4 Å². The van der Waals surface area contributed by atoms with Gasteiger partial charge in [0.05, 0.1) is 0 Å². The van der Waals surface area contributed by atoms with Crippen molar-refractivity contribution in [3.8, 4) is 0 Å². The number of likely N-dealkylation sites (N-methyl/N-ethyl adjacent to an activating group) is 1. The average molecular weight is 223 g/mol. The SMILES string of the molecule is CC1CC(N2C[C@@H]3CCCN[C@@H]3C2)CN1C. The molecule has 3 aliphatic rings. The number of piperidine rings is 1. The predicted octanol–water partition coefficient (Wildman–Crippen LogP) is 0.763. The first-order valence-electron chi connectivity index (χ1n) is 6.91. The van der Waals surface area contributed by atoms with E-state index in [2.05, 4.69) is 29.1 Å². The molecule has 0 aromatic carbocycles. The van der Waals surface area contributed by atoms with Crippen LogP contribution in [0.4, 0.5) is 0 Å². The van der Waals surface area contributed by atoms with Crippen LogP contribution in [0.5, 0.6) is 0 Å². The fourth-order valence-corrected chi connectivity index (χ4v) is 3.80. The lowest BCUT2D eigenvalue weighted by Crippen LogP contribution is -2.41. The van der Waals surface area contributed by atoms with E-state index < -0.39 is 0 Å². The van der Waals surface area contributed by atoms with Gasteiger partial charge in [-0.1, -0.05) is 0 Å². The van der Waals surface area contributed by atoms with Crippen LogP contribution in [0.3, 0.4) is 0 Å². The van der Waals surface area contributed by atoms with Gasteiger partial charge in [-0.3, -0.25) is 4.90 Å². The fourth-order valence-electron chi connectivity index (χ4n) is 3.80. The van der Waals surface area contributed by atoms with E-state index >= 15 is 0 Å². The molecular formula is C13H25N3. The van der Waals surface area contributed by atoms with Gasteiger partial charge < -0.3 is 10.2 Å². The van der Waals surface area contributed by atoms with Gasteiger partial charge >= 0.3 is 0 Å². The molecular weight excluding hydrogens is 198 g/mol. The number of nitrogens with one attached hydrogen (secondary N) is 1. The minimum atomic E-state index is 0.778. The van der Waals surface area contributed by atoms with Crippen molar-refractivity contribution in [1.82, 2.24) is 15.1 Å².